The van der Waals surface area contributed by atoms with Crippen LogP contribution in [0.2, 0.25) is 0 Å². The van der Waals surface area contributed by atoms with Crippen molar-refractivity contribution in [3.05, 3.63) is 48.6 Å². The van der Waals surface area contributed by atoms with E-state index in [9.17, 15) is 4.79 Å². The average molecular weight is 370 g/mol. The normalized spacial score (nSPS) is 10.7. The van der Waals surface area contributed by atoms with Crippen LogP contribution in [-0.2, 0) is 24.2 Å². The third-order valence-electron chi connectivity index (χ3n) is 3.72. The summed E-state index contributed by atoms with van der Waals surface area (Å²) in [7, 11) is 0. The molecule has 1 N–H and O–H groups in total. The van der Waals surface area contributed by atoms with Crippen molar-refractivity contribution in [2.45, 2.75) is 39.2 Å². The fraction of sp³-hybridized carbons (Fsp3) is 0.389. The molecule has 0 unspecified atom stereocenters. The predicted octanol–water partition coefficient (Wildman–Crippen LogP) is 2.26. The van der Waals surface area contributed by atoms with E-state index in [1.54, 1.807) is 17.1 Å². The number of rotatable bonds is 10. The Kier molecular flexibility index (Phi) is 6.50. The highest BCUT2D eigenvalue weighted by Gasteiger charge is 2.09. The Balaban J connectivity index is 1.44. The number of amides is 1. The molecule has 1 amide bonds. The summed E-state index contributed by atoms with van der Waals surface area (Å²) in [6.45, 7) is 3.11. The van der Waals surface area contributed by atoms with Gasteiger partial charge in [0.2, 0.25) is 11.8 Å². The molecule has 0 atom stereocenters. The summed E-state index contributed by atoms with van der Waals surface area (Å²) in [4.78, 5) is 20.3. The van der Waals surface area contributed by atoms with E-state index in [4.69, 9.17) is 9.26 Å². The summed E-state index contributed by atoms with van der Waals surface area (Å²) in [5.41, 5.74) is 0.676. The van der Waals surface area contributed by atoms with Gasteiger partial charge < -0.3 is 14.6 Å². The lowest BCUT2D eigenvalue weighted by molar-refractivity contribution is -0.116. The van der Waals surface area contributed by atoms with E-state index < -0.39 is 0 Å². The van der Waals surface area contributed by atoms with Crippen molar-refractivity contribution in [3.63, 3.8) is 0 Å². The maximum absolute atomic E-state index is 12.1. The molecular weight excluding hydrogens is 348 g/mol. The standard InChI is InChI=1S/C18H22N6O3/c1-2-4-16-22-18(27-23-16)8-7-17(25)21-14-5-3-6-15(11-14)26-10-9-24-13-19-12-20-24/h3,5-6,11-13H,2,4,7-10H2,1H3,(H,21,25). The quantitative estimate of drug-likeness (QED) is 0.583. The van der Waals surface area contributed by atoms with Crippen LogP contribution in [-0.4, -0.2) is 37.4 Å². The largest absolute Gasteiger partial charge is 0.492 e. The van der Waals surface area contributed by atoms with E-state index in [-0.39, 0.29) is 12.3 Å². The van der Waals surface area contributed by atoms with Gasteiger partial charge in [0.05, 0.1) is 6.54 Å². The van der Waals surface area contributed by atoms with Crippen molar-refractivity contribution in [2.24, 2.45) is 0 Å². The van der Waals surface area contributed by atoms with Gasteiger partial charge in [-0.1, -0.05) is 18.1 Å². The molecule has 0 saturated heterocycles. The SMILES string of the molecule is CCCc1noc(CCC(=O)Nc2cccc(OCCn3cncn3)c2)n1. The maximum Gasteiger partial charge on any atom is 0.227 e. The number of aromatic nitrogens is 5. The molecule has 1 aromatic carbocycles. The van der Waals surface area contributed by atoms with E-state index in [1.807, 2.05) is 18.2 Å². The Hall–Kier alpha value is -3.23. The number of carbonyl (C=O) groups is 1. The average Bonchev–Trinajstić information content (AvgIpc) is 3.33. The highest BCUT2D eigenvalue weighted by atomic mass is 16.5. The van der Waals surface area contributed by atoms with Crippen LogP contribution in [0.25, 0.3) is 0 Å². The van der Waals surface area contributed by atoms with Gasteiger partial charge in [-0.05, 0) is 18.6 Å². The molecule has 2 aromatic heterocycles. The van der Waals surface area contributed by atoms with Crippen LogP contribution < -0.4 is 10.1 Å². The minimum Gasteiger partial charge on any atom is -0.492 e. The fourth-order valence-corrected chi connectivity index (χ4v) is 2.43. The van der Waals surface area contributed by atoms with Crippen LogP contribution in [0.4, 0.5) is 5.69 Å². The van der Waals surface area contributed by atoms with E-state index in [0.29, 0.717) is 42.7 Å². The van der Waals surface area contributed by atoms with Gasteiger partial charge in [-0.15, -0.1) is 0 Å². The van der Waals surface area contributed by atoms with Gasteiger partial charge in [-0.3, -0.25) is 4.79 Å². The zero-order chi connectivity index (χ0) is 18.9. The van der Waals surface area contributed by atoms with Crippen LogP contribution in [0.1, 0.15) is 31.5 Å². The summed E-state index contributed by atoms with van der Waals surface area (Å²) in [6.07, 6.45) is 5.53. The summed E-state index contributed by atoms with van der Waals surface area (Å²) >= 11 is 0. The molecule has 3 aromatic rings. The first-order valence-corrected chi connectivity index (χ1v) is 8.89. The lowest BCUT2D eigenvalue weighted by Crippen LogP contribution is -2.13. The molecule has 0 aliphatic carbocycles. The number of hydrogen-bond donors (Lipinski definition) is 1. The molecule has 2 heterocycles. The highest BCUT2D eigenvalue weighted by molar-refractivity contribution is 5.90. The molecule has 0 bridgehead atoms. The van der Waals surface area contributed by atoms with Crippen LogP contribution in [0.5, 0.6) is 5.75 Å². The van der Waals surface area contributed by atoms with Gasteiger partial charge in [0.1, 0.15) is 25.0 Å². The van der Waals surface area contributed by atoms with Crippen LogP contribution in [0.15, 0.2) is 41.4 Å². The molecule has 27 heavy (non-hydrogen) atoms. The summed E-state index contributed by atoms with van der Waals surface area (Å²) in [5, 5.41) is 10.7. The summed E-state index contributed by atoms with van der Waals surface area (Å²) in [6, 6.07) is 7.26. The molecule has 9 heteroatoms. The number of ether oxygens (including phenoxy) is 1. The zero-order valence-electron chi connectivity index (χ0n) is 15.2. The topological polar surface area (TPSA) is 108 Å². The smallest absolute Gasteiger partial charge is 0.227 e. The van der Waals surface area contributed by atoms with E-state index >= 15 is 0 Å². The Morgan fingerprint density at radius 1 is 1.33 bits per heavy atom. The highest BCUT2D eigenvalue weighted by Crippen LogP contribution is 2.17. The van der Waals surface area contributed by atoms with Crippen molar-refractivity contribution in [1.82, 2.24) is 24.9 Å². The first-order valence-electron chi connectivity index (χ1n) is 8.89. The molecule has 0 radical (unpaired) electrons. The second-order valence-corrected chi connectivity index (χ2v) is 5.94. The first-order chi connectivity index (χ1) is 13.2. The van der Waals surface area contributed by atoms with Gasteiger partial charge in [0, 0.05) is 31.0 Å². The lowest BCUT2D eigenvalue weighted by atomic mass is 10.2. The van der Waals surface area contributed by atoms with Crippen molar-refractivity contribution >= 4 is 11.6 Å². The number of benzene rings is 1. The molecular formula is C18H22N6O3. The lowest BCUT2D eigenvalue weighted by Gasteiger charge is -2.09. The van der Waals surface area contributed by atoms with Gasteiger partial charge >= 0.3 is 0 Å². The van der Waals surface area contributed by atoms with Gasteiger partial charge in [-0.2, -0.15) is 10.1 Å². The number of aryl methyl sites for hydroxylation is 2. The Bertz CT molecular complexity index is 846. The molecule has 0 fully saturated rings. The Labute approximate surface area is 156 Å². The van der Waals surface area contributed by atoms with Crippen molar-refractivity contribution in [3.8, 4) is 5.75 Å². The molecule has 142 valence electrons. The van der Waals surface area contributed by atoms with Crippen molar-refractivity contribution in [2.75, 3.05) is 11.9 Å². The van der Waals surface area contributed by atoms with E-state index in [2.05, 4.69) is 32.5 Å². The third kappa shape index (κ3) is 5.91. The minimum atomic E-state index is -0.120. The van der Waals surface area contributed by atoms with E-state index in [0.717, 1.165) is 12.8 Å². The number of nitrogens with zero attached hydrogens (tertiary/aromatic N) is 5. The molecule has 0 aliphatic heterocycles. The number of nitrogens with one attached hydrogen (secondary N) is 1. The summed E-state index contributed by atoms with van der Waals surface area (Å²) in [5.74, 6) is 1.72. The van der Waals surface area contributed by atoms with E-state index in [1.165, 1.54) is 6.33 Å². The van der Waals surface area contributed by atoms with Crippen molar-refractivity contribution < 1.29 is 14.1 Å². The van der Waals surface area contributed by atoms with Crippen LogP contribution in [0.3, 0.4) is 0 Å². The maximum atomic E-state index is 12.1. The second kappa shape index (κ2) is 9.46. The Morgan fingerprint density at radius 2 is 2.26 bits per heavy atom. The van der Waals surface area contributed by atoms with Gasteiger partial charge in [0.15, 0.2) is 5.82 Å². The van der Waals surface area contributed by atoms with Crippen molar-refractivity contribution in [1.29, 1.82) is 0 Å². The number of anilines is 1. The Morgan fingerprint density at radius 3 is 3.07 bits per heavy atom. The summed E-state index contributed by atoms with van der Waals surface area (Å²) < 4.78 is 12.5. The molecule has 0 aliphatic rings. The fourth-order valence-electron chi connectivity index (χ4n) is 2.43. The molecule has 0 saturated carbocycles. The minimum absolute atomic E-state index is 0.120. The van der Waals surface area contributed by atoms with Gasteiger partial charge in [0.25, 0.3) is 0 Å². The molecule has 9 nitrogen and oxygen atoms in total. The number of carbonyl (C=O) groups excluding carboxylic acids is 1. The second-order valence-electron chi connectivity index (χ2n) is 5.94. The van der Waals surface area contributed by atoms with Crippen LogP contribution in [0, 0.1) is 0 Å². The van der Waals surface area contributed by atoms with Crippen LogP contribution >= 0.6 is 0 Å². The third-order valence-corrected chi connectivity index (χ3v) is 3.72. The first kappa shape index (κ1) is 18.6. The zero-order valence-corrected chi connectivity index (χ0v) is 15.2. The molecule has 3 rings (SSSR count). The predicted molar refractivity (Wildman–Crippen MR) is 97.2 cm³/mol. The number of hydrogen-bond acceptors (Lipinski definition) is 7. The monoisotopic (exact) mass is 370 g/mol. The van der Waals surface area contributed by atoms with Gasteiger partial charge in [-0.25, -0.2) is 9.67 Å². The molecule has 0 spiro atoms.